The van der Waals surface area contributed by atoms with E-state index in [1.54, 1.807) is 0 Å². The van der Waals surface area contributed by atoms with Crippen LogP contribution in [0.25, 0.3) is 0 Å². The number of benzene rings is 1. The van der Waals surface area contributed by atoms with Crippen LogP contribution in [0.1, 0.15) is 6.92 Å². The van der Waals surface area contributed by atoms with Crippen molar-refractivity contribution in [3.63, 3.8) is 0 Å². The molecule has 0 saturated heterocycles. The maximum Gasteiger partial charge on any atom is 0.329 e. The van der Waals surface area contributed by atoms with E-state index in [9.17, 15) is 9.59 Å². The molecule has 1 aromatic carbocycles. The summed E-state index contributed by atoms with van der Waals surface area (Å²) < 4.78 is 5.64. The number of methoxy groups -OCH3 is 1. The summed E-state index contributed by atoms with van der Waals surface area (Å²) in [5.74, 6) is -0.245. The minimum Gasteiger partial charge on any atom is -0.467 e. The lowest BCUT2D eigenvalue weighted by Gasteiger charge is -2.14. The van der Waals surface area contributed by atoms with Crippen molar-refractivity contribution >= 4 is 39.6 Å². The van der Waals surface area contributed by atoms with Crippen molar-refractivity contribution in [2.45, 2.75) is 17.9 Å². The van der Waals surface area contributed by atoms with Crippen molar-refractivity contribution in [2.24, 2.45) is 0 Å². The van der Waals surface area contributed by atoms with E-state index in [1.165, 1.54) is 25.8 Å². The van der Waals surface area contributed by atoms with Gasteiger partial charge in [0.15, 0.2) is 0 Å². The number of rotatable bonds is 5. The molecule has 0 heterocycles. The molecule has 0 bridgehead atoms. The van der Waals surface area contributed by atoms with Crippen LogP contribution in [0.4, 0.5) is 0 Å². The molecular weight excluding hydrogens is 318 g/mol. The molecule has 0 aliphatic carbocycles. The number of halogens is 1. The van der Waals surface area contributed by atoms with Gasteiger partial charge >= 0.3 is 5.97 Å². The van der Waals surface area contributed by atoms with Crippen LogP contribution in [0.5, 0.6) is 0 Å². The summed E-state index contributed by atoms with van der Waals surface area (Å²) in [5, 5.41) is 2.57. The summed E-state index contributed by atoms with van der Waals surface area (Å²) in [4.78, 5) is 23.5. The van der Waals surface area contributed by atoms with Crippen LogP contribution < -0.4 is 5.32 Å². The average Bonchev–Trinajstić information content (AvgIpc) is 2.35. The summed E-state index contributed by atoms with van der Waals surface area (Å²) in [7, 11) is 1.31. The number of esters is 1. The fraction of sp³-hybridized carbons (Fsp3) is 0.333. The van der Waals surface area contributed by atoms with Gasteiger partial charge in [-0.3, -0.25) is 4.79 Å². The molecular formula is C12H14BrNO3S. The lowest BCUT2D eigenvalue weighted by atomic mass is 10.3. The number of thioether (sulfide) groups is 1. The predicted molar refractivity (Wildman–Crippen MR) is 74.5 cm³/mol. The second-order valence-electron chi connectivity index (χ2n) is 3.54. The lowest BCUT2D eigenvalue weighted by molar-refractivity contribution is -0.144. The predicted octanol–water partition coefficient (Wildman–Crippen LogP) is 2.22. The minimum absolute atomic E-state index is 0.248. The smallest absolute Gasteiger partial charge is 0.329 e. The number of amides is 1. The molecule has 0 aromatic heterocycles. The Morgan fingerprint density at radius 1 is 1.39 bits per heavy atom. The first-order valence-electron chi connectivity index (χ1n) is 5.26. The van der Waals surface area contributed by atoms with Crippen molar-refractivity contribution in [2.75, 3.05) is 12.9 Å². The third kappa shape index (κ3) is 5.10. The van der Waals surface area contributed by atoms with Gasteiger partial charge in [0.05, 0.1) is 7.11 Å². The fourth-order valence-corrected chi connectivity index (χ4v) is 2.44. The highest BCUT2D eigenvalue weighted by Gasteiger charge is 2.20. The van der Waals surface area contributed by atoms with Crippen LogP contribution in [0.3, 0.4) is 0 Å². The Bertz CT molecular complexity index is 422. The summed E-state index contributed by atoms with van der Waals surface area (Å²) >= 11 is 4.84. The van der Waals surface area contributed by atoms with E-state index in [0.717, 1.165) is 9.37 Å². The van der Waals surface area contributed by atoms with Gasteiger partial charge in [0, 0.05) is 22.0 Å². The minimum atomic E-state index is -0.624. The molecule has 0 saturated carbocycles. The number of carbonyl (C=O) groups excluding carboxylic acids is 2. The molecule has 1 aromatic rings. The van der Waals surface area contributed by atoms with Gasteiger partial charge in [0.2, 0.25) is 5.91 Å². The average molecular weight is 332 g/mol. The zero-order valence-electron chi connectivity index (χ0n) is 10.1. The molecule has 0 radical (unpaired) electrons. The molecule has 0 fully saturated rings. The first-order chi connectivity index (χ1) is 8.52. The van der Waals surface area contributed by atoms with Gasteiger partial charge in [-0.25, -0.2) is 4.79 Å². The SMILES string of the molecule is COC(=O)C(CSc1ccc(Br)cc1)NC(C)=O. The molecule has 1 N–H and O–H groups in total. The zero-order chi connectivity index (χ0) is 13.5. The fourth-order valence-electron chi connectivity index (χ4n) is 1.27. The van der Waals surface area contributed by atoms with Crippen molar-refractivity contribution in [3.8, 4) is 0 Å². The lowest BCUT2D eigenvalue weighted by Crippen LogP contribution is -2.42. The van der Waals surface area contributed by atoms with Gasteiger partial charge < -0.3 is 10.1 Å². The Morgan fingerprint density at radius 3 is 2.50 bits per heavy atom. The van der Waals surface area contributed by atoms with Crippen LogP contribution >= 0.6 is 27.7 Å². The largest absolute Gasteiger partial charge is 0.467 e. The summed E-state index contributed by atoms with van der Waals surface area (Å²) in [6, 6.07) is 7.11. The third-order valence-corrected chi connectivity index (χ3v) is 3.73. The summed E-state index contributed by atoms with van der Waals surface area (Å²) in [5.41, 5.74) is 0. The van der Waals surface area contributed by atoms with Gasteiger partial charge in [-0.1, -0.05) is 15.9 Å². The molecule has 4 nitrogen and oxygen atoms in total. The first kappa shape index (κ1) is 15.0. The standard InChI is InChI=1S/C12H14BrNO3S/c1-8(15)14-11(12(16)17-2)7-18-10-5-3-9(13)4-6-10/h3-6,11H,7H2,1-2H3,(H,14,15). The van der Waals surface area contributed by atoms with Crippen LogP contribution in [0.15, 0.2) is 33.6 Å². The summed E-state index contributed by atoms with van der Waals surface area (Å²) in [6.07, 6.45) is 0. The molecule has 1 rings (SSSR count). The van der Waals surface area contributed by atoms with E-state index in [-0.39, 0.29) is 5.91 Å². The van der Waals surface area contributed by atoms with Crippen molar-refractivity contribution < 1.29 is 14.3 Å². The van der Waals surface area contributed by atoms with E-state index in [0.29, 0.717) is 5.75 Å². The third-order valence-electron chi connectivity index (χ3n) is 2.09. The topological polar surface area (TPSA) is 55.4 Å². The maximum absolute atomic E-state index is 11.5. The zero-order valence-corrected chi connectivity index (χ0v) is 12.5. The van der Waals surface area contributed by atoms with Crippen molar-refractivity contribution in [1.82, 2.24) is 5.32 Å². The molecule has 98 valence electrons. The van der Waals surface area contributed by atoms with Gasteiger partial charge in [-0.2, -0.15) is 0 Å². The highest BCUT2D eigenvalue weighted by atomic mass is 79.9. The first-order valence-corrected chi connectivity index (χ1v) is 7.04. The Labute approximate surface area is 119 Å². The monoisotopic (exact) mass is 331 g/mol. The van der Waals surface area contributed by atoms with Crippen LogP contribution in [0.2, 0.25) is 0 Å². The molecule has 1 amide bonds. The molecule has 0 spiro atoms. The highest BCUT2D eigenvalue weighted by Crippen LogP contribution is 2.21. The van der Waals surface area contributed by atoms with E-state index >= 15 is 0 Å². The second-order valence-corrected chi connectivity index (χ2v) is 5.55. The molecule has 1 atom stereocenters. The van der Waals surface area contributed by atoms with Crippen LogP contribution in [-0.2, 0) is 14.3 Å². The number of nitrogens with one attached hydrogen (secondary N) is 1. The Balaban J connectivity index is 2.58. The quantitative estimate of drug-likeness (QED) is 0.664. The molecule has 1 unspecified atom stereocenters. The van der Waals surface area contributed by atoms with Gasteiger partial charge in [-0.15, -0.1) is 11.8 Å². The summed E-state index contributed by atoms with van der Waals surface area (Å²) in [6.45, 7) is 1.38. The normalized spacial score (nSPS) is 11.7. The molecule has 0 aliphatic rings. The molecule has 0 aliphatic heterocycles. The number of hydrogen-bond donors (Lipinski definition) is 1. The van der Waals surface area contributed by atoms with Gasteiger partial charge in [0.25, 0.3) is 0 Å². The van der Waals surface area contributed by atoms with Crippen LogP contribution in [0, 0.1) is 0 Å². The Morgan fingerprint density at radius 2 is 2.00 bits per heavy atom. The molecule has 6 heteroatoms. The van der Waals surface area contributed by atoms with Gasteiger partial charge in [-0.05, 0) is 24.3 Å². The number of carbonyl (C=O) groups is 2. The second kappa shape index (κ2) is 7.43. The maximum atomic E-state index is 11.5. The molecule has 18 heavy (non-hydrogen) atoms. The van der Waals surface area contributed by atoms with E-state index in [1.807, 2.05) is 24.3 Å². The van der Waals surface area contributed by atoms with E-state index in [4.69, 9.17) is 0 Å². The van der Waals surface area contributed by atoms with Crippen molar-refractivity contribution in [1.29, 1.82) is 0 Å². The van der Waals surface area contributed by atoms with E-state index < -0.39 is 12.0 Å². The van der Waals surface area contributed by atoms with Gasteiger partial charge in [0.1, 0.15) is 6.04 Å². The van der Waals surface area contributed by atoms with Crippen LogP contribution in [-0.4, -0.2) is 30.8 Å². The number of hydrogen-bond acceptors (Lipinski definition) is 4. The number of ether oxygens (including phenoxy) is 1. The Hall–Kier alpha value is -1.01. The highest BCUT2D eigenvalue weighted by molar-refractivity contribution is 9.10. The Kier molecular flexibility index (Phi) is 6.21. The van der Waals surface area contributed by atoms with E-state index in [2.05, 4.69) is 26.0 Å². The van der Waals surface area contributed by atoms with Crippen molar-refractivity contribution in [3.05, 3.63) is 28.7 Å².